The topological polar surface area (TPSA) is 95.9 Å². The van der Waals surface area contributed by atoms with Crippen LogP contribution in [0, 0.1) is 0 Å². The van der Waals surface area contributed by atoms with E-state index in [1.807, 2.05) is 6.08 Å². The average Bonchev–Trinajstić information content (AvgIpc) is 3.44. The molecule has 78 heavy (non-hydrogen) atoms. The molecule has 3 N–H and O–H groups in total. The third-order valence-electron chi connectivity index (χ3n) is 16.7. The Kier molecular flexibility index (Phi) is 66.4. The van der Waals surface area contributed by atoms with E-state index >= 15 is 0 Å². The number of unbranched alkanes of at least 4 members (excludes halogenated alkanes) is 54. The van der Waals surface area contributed by atoms with E-state index < -0.39 is 12.1 Å². The first kappa shape index (κ1) is 76.3. The molecule has 0 radical (unpaired) electrons. The lowest BCUT2D eigenvalue weighted by Gasteiger charge is -2.20. The van der Waals surface area contributed by atoms with Crippen molar-refractivity contribution in [3.05, 3.63) is 24.3 Å². The lowest BCUT2D eigenvalue weighted by molar-refractivity contribution is -0.143. The molecule has 0 aromatic heterocycles. The Hall–Kier alpha value is -1.66. The van der Waals surface area contributed by atoms with Crippen LogP contribution in [-0.2, 0) is 14.3 Å². The second kappa shape index (κ2) is 67.8. The average molecular weight is 1100 g/mol. The Morgan fingerprint density at radius 1 is 0.346 bits per heavy atom. The minimum atomic E-state index is -0.841. The van der Waals surface area contributed by atoms with Crippen LogP contribution in [0.4, 0.5) is 0 Å². The molecule has 2 unspecified atom stereocenters. The Morgan fingerprint density at radius 2 is 0.603 bits per heavy atom. The van der Waals surface area contributed by atoms with E-state index in [4.69, 9.17) is 4.74 Å². The Balaban J connectivity index is 3.34. The first-order valence-electron chi connectivity index (χ1n) is 35.6. The quantitative estimate of drug-likeness (QED) is 0.0320. The SMILES string of the molecule is CCCCCCCCCCCCC/C=C/C(O)C(CO)NC(=O)CCCCCCCCCCCCCCCCCC/C=C\CCCCCCCCCCCCCCOC(=O)CCCCCCCCCCCCCCCCCC. The van der Waals surface area contributed by atoms with Crippen molar-refractivity contribution < 1.29 is 24.5 Å². The van der Waals surface area contributed by atoms with Gasteiger partial charge in [0.2, 0.25) is 5.91 Å². The number of rotatable bonds is 67. The van der Waals surface area contributed by atoms with Gasteiger partial charge in [-0.15, -0.1) is 0 Å². The number of carbonyl (C=O) groups excluding carboxylic acids is 2. The number of hydrogen-bond donors (Lipinski definition) is 3. The molecule has 0 bridgehead atoms. The molecule has 0 rings (SSSR count). The van der Waals surface area contributed by atoms with Gasteiger partial charge in [-0.1, -0.05) is 353 Å². The summed E-state index contributed by atoms with van der Waals surface area (Å²) in [6.45, 7) is 4.94. The van der Waals surface area contributed by atoms with E-state index in [0.717, 1.165) is 38.5 Å². The fraction of sp³-hybridized carbons (Fsp3) is 0.917. The normalized spacial score (nSPS) is 12.6. The summed E-state index contributed by atoms with van der Waals surface area (Å²) in [6, 6.07) is -0.625. The number of ether oxygens (including phenoxy) is 1. The minimum Gasteiger partial charge on any atom is -0.466 e. The fourth-order valence-corrected chi connectivity index (χ4v) is 11.3. The van der Waals surface area contributed by atoms with Gasteiger partial charge < -0.3 is 20.3 Å². The third kappa shape index (κ3) is 63.5. The number of nitrogens with one attached hydrogen (secondary N) is 1. The summed E-state index contributed by atoms with van der Waals surface area (Å²) in [4.78, 5) is 24.6. The highest BCUT2D eigenvalue weighted by Crippen LogP contribution is 2.19. The first-order chi connectivity index (χ1) is 38.5. The molecule has 0 saturated carbocycles. The van der Waals surface area contributed by atoms with Crippen molar-refractivity contribution in [3.63, 3.8) is 0 Å². The summed E-state index contributed by atoms with van der Waals surface area (Å²) in [5, 5.41) is 23.1. The van der Waals surface area contributed by atoms with Gasteiger partial charge in [-0.2, -0.15) is 0 Å². The number of esters is 1. The maximum Gasteiger partial charge on any atom is 0.305 e. The van der Waals surface area contributed by atoms with Gasteiger partial charge in [-0.25, -0.2) is 0 Å². The van der Waals surface area contributed by atoms with Crippen molar-refractivity contribution in [2.75, 3.05) is 13.2 Å². The van der Waals surface area contributed by atoms with Gasteiger partial charge in [0.25, 0.3) is 0 Å². The Labute approximate surface area is 488 Å². The highest BCUT2D eigenvalue weighted by molar-refractivity contribution is 5.76. The molecule has 2 atom stereocenters. The molecule has 0 aliphatic heterocycles. The van der Waals surface area contributed by atoms with Gasteiger partial charge >= 0.3 is 5.97 Å². The maximum absolute atomic E-state index is 12.5. The lowest BCUT2D eigenvalue weighted by Crippen LogP contribution is -2.45. The van der Waals surface area contributed by atoms with Gasteiger partial charge in [-0.05, 0) is 57.8 Å². The smallest absolute Gasteiger partial charge is 0.305 e. The van der Waals surface area contributed by atoms with Crippen LogP contribution >= 0.6 is 0 Å². The van der Waals surface area contributed by atoms with E-state index in [1.165, 1.54) is 334 Å². The predicted molar refractivity (Wildman–Crippen MR) is 343 cm³/mol. The van der Waals surface area contributed by atoms with Crippen LogP contribution in [0.3, 0.4) is 0 Å². The predicted octanol–water partition coefficient (Wildman–Crippen LogP) is 22.9. The van der Waals surface area contributed by atoms with Crippen LogP contribution in [0.25, 0.3) is 0 Å². The summed E-state index contributed by atoms with van der Waals surface area (Å²) in [5.74, 6) is -0.0417. The fourth-order valence-electron chi connectivity index (χ4n) is 11.3. The number of aliphatic hydroxyl groups is 2. The zero-order valence-corrected chi connectivity index (χ0v) is 52.9. The second-order valence-electron chi connectivity index (χ2n) is 24.6. The standard InChI is InChI=1S/C72H139NO5/c1-3-5-7-9-11-13-15-17-18-38-42-46-50-54-58-62-66-72(77)78-67-63-59-55-51-47-43-39-36-34-32-30-28-26-24-22-20-19-21-23-25-27-29-31-33-35-37-41-45-49-53-57-61-65-71(76)73-69(68-74)70(75)64-60-56-52-48-44-40-16-14-12-10-8-6-4-2/h22,24,60,64,69-70,74-75H,3-21,23,25-59,61-63,65-68H2,1-2H3,(H,73,76)/b24-22-,64-60+. The molecule has 6 nitrogen and oxygen atoms in total. The van der Waals surface area contributed by atoms with Crippen molar-refractivity contribution in [1.29, 1.82) is 0 Å². The molecule has 0 fully saturated rings. The summed E-state index contributed by atoms with van der Waals surface area (Å²) in [5.41, 5.74) is 0. The molecule has 6 heteroatoms. The molecule has 0 saturated heterocycles. The summed E-state index contributed by atoms with van der Waals surface area (Å²) < 4.78 is 5.50. The molecule has 0 aliphatic carbocycles. The van der Waals surface area contributed by atoms with Crippen LogP contribution < -0.4 is 5.32 Å². The second-order valence-corrected chi connectivity index (χ2v) is 24.6. The molecule has 0 aromatic rings. The van der Waals surface area contributed by atoms with Gasteiger partial charge in [0.15, 0.2) is 0 Å². The van der Waals surface area contributed by atoms with Gasteiger partial charge in [0.1, 0.15) is 0 Å². The zero-order chi connectivity index (χ0) is 56.4. The Bertz CT molecular complexity index is 1220. The van der Waals surface area contributed by atoms with E-state index in [0.29, 0.717) is 19.4 Å². The van der Waals surface area contributed by atoms with E-state index in [1.54, 1.807) is 6.08 Å². The van der Waals surface area contributed by atoms with E-state index in [9.17, 15) is 19.8 Å². The number of hydrogen-bond acceptors (Lipinski definition) is 5. The molecular weight excluding hydrogens is 959 g/mol. The van der Waals surface area contributed by atoms with Crippen LogP contribution in [0.15, 0.2) is 24.3 Å². The molecule has 462 valence electrons. The van der Waals surface area contributed by atoms with Gasteiger partial charge in [-0.3, -0.25) is 9.59 Å². The molecule has 0 aromatic carbocycles. The largest absolute Gasteiger partial charge is 0.466 e. The van der Waals surface area contributed by atoms with Crippen molar-refractivity contribution in [2.45, 2.75) is 411 Å². The summed E-state index contributed by atoms with van der Waals surface area (Å²) in [6.07, 6.45) is 85.6. The summed E-state index contributed by atoms with van der Waals surface area (Å²) in [7, 11) is 0. The number of allylic oxidation sites excluding steroid dienone is 3. The molecule has 0 aliphatic rings. The van der Waals surface area contributed by atoms with E-state index in [-0.39, 0.29) is 18.5 Å². The van der Waals surface area contributed by atoms with Crippen molar-refractivity contribution >= 4 is 11.9 Å². The maximum atomic E-state index is 12.5. The van der Waals surface area contributed by atoms with Crippen LogP contribution in [0.5, 0.6) is 0 Å². The highest BCUT2D eigenvalue weighted by atomic mass is 16.5. The van der Waals surface area contributed by atoms with Crippen LogP contribution in [0.1, 0.15) is 399 Å². The minimum absolute atomic E-state index is 0.0220. The van der Waals surface area contributed by atoms with Crippen LogP contribution in [0.2, 0.25) is 0 Å². The van der Waals surface area contributed by atoms with Gasteiger partial charge in [0, 0.05) is 12.8 Å². The van der Waals surface area contributed by atoms with Crippen molar-refractivity contribution in [3.8, 4) is 0 Å². The highest BCUT2D eigenvalue weighted by Gasteiger charge is 2.18. The number of aliphatic hydroxyl groups excluding tert-OH is 2. The first-order valence-corrected chi connectivity index (χ1v) is 35.6. The van der Waals surface area contributed by atoms with E-state index in [2.05, 4.69) is 31.3 Å². The third-order valence-corrected chi connectivity index (χ3v) is 16.7. The molecule has 1 amide bonds. The van der Waals surface area contributed by atoms with Crippen molar-refractivity contribution in [2.24, 2.45) is 0 Å². The monoisotopic (exact) mass is 1100 g/mol. The molecular formula is C72H139NO5. The van der Waals surface area contributed by atoms with Gasteiger partial charge in [0.05, 0.1) is 25.4 Å². The van der Waals surface area contributed by atoms with Crippen molar-refractivity contribution in [1.82, 2.24) is 5.32 Å². The number of amides is 1. The lowest BCUT2D eigenvalue weighted by atomic mass is 10.0. The molecule has 0 heterocycles. The zero-order valence-electron chi connectivity index (χ0n) is 52.9. The summed E-state index contributed by atoms with van der Waals surface area (Å²) >= 11 is 0. The Morgan fingerprint density at radius 3 is 0.910 bits per heavy atom. The molecule has 0 spiro atoms. The number of carbonyl (C=O) groups is 2. The van der Waals surface area contributed by atoms with Crippen LogP contribution in [-0.4, -0.2) is 47.4 Å².